The van der Waals surface area contributed by atoms with Crippen molar-refractivity contribution in [1.29, 1.82) is 0 Å². The lowest BCUT2D eigenvalue weighted by Gasteiger charge is -2.08. The second kappa shape index (κ2) is 6.57. The zero-order valence-electron chi connectivity index (χ0n) is 10.6. The molecule has 0 aliphatic rings. The molecule has 0 spiro atoms. The normalized spacial score (nSPS) is 10.2. The Labute approximate surface area is 122 Å². The van der Waals surface area contributed by atoms with Crippen LogP contribution in [0.25, 0.3) is 0 Å². The first-order valence-corrected chi connectivity index (χ1v) is 6.43. The quantitative estimate of drug-likeness (QED) is 0.734. The third kappa shape index (κ3) is 3.60. The van der Waals surface area contributed by atoms with E-state index in [2.05, 4.69) is 5.32 Å². The molecule has 0 aliphatic carbocycles. The van der Waals surface area contributed by atoms with Crippen molar-refractivity contribution in [2.75, 3.05) is 0 Å². The van der Waals surface area contributed by atoms with Crippen molar-refractivity contribution in [3.8, 4) is 0 Å². The van der Waals surface area contributed by atoms with Gasteiger partial charge >= 0.3 is 7.12 Å². The summed E-state index contributed by atoms with van der Waals surface area (Å²) < 4.78 is 0. The van der Waals surface area contributed by atoms with E-state index in [-0.39, 0.29) is 16.4 Å². The maximum absolute atomic E-state index is 12.0. The number of carbonyl (C=O) groups is 1. The molecule has 0 fully saturated rings. The zero-order chi connectivity index (χ0) is 14.5. The van der Waals surface area contributed by atoms with Gasteiger partial charge in [-0.05, 0) is 23.8 Å². The van der Waals surface area contributed by atoms with Crippen LogP contribution in [0.3, 0.4) is 0 Å². The average molecular weight is 290 g/mol. The topological polar surface area (TPSA) is 69.6 Å². The van der Waals surface area contributed by atoms with Crippen molar-refractivity contribution in [1.82, 2.24) is 5.32 Å². The lowest BCUT2D eigenvalue weighted by atomic mass is 9.79. The van der Waals surface area contributed by atoms with Crippen molar-refractivity contribution < 1.29 is 14.8 Å². The summed E-state index contributed by atoms with van der Waals surface area (Å²) in [5.41, 5.74) is 1.42. The molecular formula is C14H13BClNO3. The Morgan fingerprint density at radius 1 is 1.15 bits per heavy atom. The van der Waals surface area contributed by atoms with Gasteiger partial charge in [-0.15, -0.1) is 0 Å². The summed E-state index contributed by atoms with van der Waals surface area (Å²) in [5, 5.41) is 21.3. The largest absolute Gasteiger partial charge is 0.489 e. The molecule has 1 amide bonds. The highest BCUT2D eigenvalue weighted by Crippen LogP contribution is 2.08. The zero-order valence-corrected chi connectivity index (χ0v) is 11.3. The van der Waals surface area contributed by atoms with Crippen LogP contribution >= 0.6 is 11.6 Å². The van der Waals surface area contributed by atoms with Crippen LogP contribution < -0.4 is 10.8 Å². The molecule has 0 unspecified atom stereocenters. The van der Waals surface area contributed by atoms with E-state index in [0.29, 0.717) is 12.1 Å². The monoisotopic (exact) mass is 289 g/mol. The summed E-state index contributed by atoms with van der Waals surface area (Å²) in [6.07, 6.45) is 0. The molecule has 2 aromatic rings. The van der Waals surface area contributed by atoms with Gasteiger partial charge in [-0.25, -0.2) is 0 Å². The Hall–Kier alpha value is -1.82. The minimum atomic E-state index is -1.70. The molecule has 0 aromatic heterocycles. The van der Waals surface area contributed by atoms with Gasteiger partial charge in [0.25, 0.3) is 5.91 Å². The Balaban J connectivity index is 2.08. The number of hydrogen-bond acceptors (Lipinski definition) is 3. The van der Waals surface area contributed by atoms with Crippen LogP contribution in [0, 0.1) is 0 Å². The number of amides is 1. The van der Waals surface area contributed by atoms with Crippen LogP contribution in [0.5, 0.6) is 0 Å². The van der Waals surface area contributed by atoms with E-state index in [4.69, 9.17) is 21.6 Å². The van der Waals surface area contributed by atoms with Gasteiger partial charge in [0.2, 0.25) is 0 Å². The molecule has 0 atom stereocenters. The van der Waals surface area contributed by atoms with Gasteiger partial charge in [0, 0.05) is 22.6 Å². The molecule has 4 nitrogen and oxygen atoms in total. The summed E-state index contributed by atoms with van der Waals surface area (Å²) in [4.78, 5) is 12.0. The van der Waals surface area contributed by atoms with Crippen molar-refractivity contribution in [3.63, 3.8) is 0 Å². The van der Waals surface area contributed by atoms with E-state index in [1.807, 2.05) is 30.3 Å². The van der Waals surface area contributed by atoms with Crippen molar-refractivity contribution in [2.24, 2.45) is 0 Å². The third-order valence-corrected chi connectivity index (χ3v) is 3.18. The predicted molar refractivity (Wildman–Crippen MR) is 78.9 cm³/mol. The number of hydrogen-bond donors (Lipinski definition) is 3. The molecule has 0 saturated carbocycles. The second-order valence-electron chi connectivity index (χ2n) is 4.28. The average Bonchev–Trinajstić information content (AvgIpc) is 2.46. The highest BCUT2D eigenvalue weighted by Gasteiger charge is 2.17. The van der Waals surface area contributed by atoms with Crippen LogP contribution in [0.2, 0.25) is 5.02 Å². The SMILES string of the molecule is O=C(NCc1ccccc1)c1ccc(Cl)c(B(O)O)c1. The first kappa shape index (κ1) is 14.6. The molecule has 2 rings (SSSR count). The van der Waals surface area contributed by atoms with E-state index in [1.165, 1.54) is 18.2 Å². The minimum absolute atomic E-state index is 0.110. The molecule has 0 aliphatic heterocycles. The van der Waals surface area contributed by atoms with Gasteiger partial charge in [-0.1, -0.05) is 41.9 Å². The number of rotatable bonds is 4. The Morgan fingerprint density at radius 3 is 2.50 bits per heavy atom. The molecule has 0 radical (unpaired) electrons. The van der Waals surface area contributed by atoms with Crippen molar-refractivity contribution in [3.05, 3.63) is 64.7 Å². The van der Waals surface area contributed by atoms with Gasteiger partial charge in [-0.3, -0.25) is 4.79 Å². The van der Waals surface area contributed by atoms with Gasteiger partial charge in [-0.2, -0.15) is 0 Å². The van der Waals surface area contributed by atoms with Crippen LogP contribution in [0.4, 0.5) is 0 Å². The molecular weight excluding hydrogens is 276 g/mol. The maximum atomic E-state index is 12.0. The fourth-order valence-electron chi connectivity index (χ4n) is 1.76. The molecule has 20 heavy (non-hydrogen) atoms. The lowest BCUT2D eigenvalue weighted by Crippen LogP contribution is -2.32. The van der Waals surface area contributed by atoms with Gasteiger partial charge in [0.1, 0.15) is 0 Å². The maximum Gasteiger partial charge on any atom is 0.489 e. The predicted octanol–water partition coefficient (Wildman–Crippen LogP) is 0.950. The van der Waals surface area contributed by atoms with Gasteiger partial charge < -0.3 is 15.4 Å². The summed E-state index contributed by atoms with van der Waals surface area (Å²) in [6, 6.07) is 13.9. The van der Waals surface area contributed by atoms with E-state index >= 15 is 0 Å². The Bertz CT molecular complexity index is 605. The molecule has 102 valence electrons. The fraction of sp³-hybridized carbons (Fsp3) is 0.0714. The summed E-state index contributed by atoms with van der Waals surface area (Å²) in [6.45, 7) is 0.402. The van der Waals surface area contributed by atoms with E-state index in [1.54, 1.807) is 0 Å². The van der Waals surface area contributed by atoms with Crippen molar-refractivity contribution in [2.45, 2.75) is 6.54 Å². The fourth-order valence-corrected chi connectivity index (χ4v) is 1.98. The summed E-state index contributed by atoms with van der Waals surface area (Å²) in [5.74, 6) is -0.299. The number of benzene rings is 2. The van der Waals surface area contributed by atoms with Crippen LogP contribution in [-0.2, 0) is 6.54 Å². The van der Waals surface area contributed by atoms with E-state index in [9.17, 15) is 4.79 Å². The first-order valence-electron chi connectivity index (χ1n) is 6.05. The number of nitrogens with one attached hydrogen (secondary N) is 1. The van der Waals surface area contributed by atoms with Gasteiger partial charge in [0.05, 0.1) is 0 Å². The second-order valence-corrected chi connectivity index (χ2v) is 4.69. The molecule has 0 saturated heterocycles. The van der Waals surface area contributed by atoms with Crippen LogP contribution in [0.15, 0.2) is 48.5 Å². The number of halogens is 1. The summed E-state index contributed by atoms with van der Waals surface area (Å²) >= 11 is 5.82. The first-order chi connectivity index (χ1) is 9.58. The highest BCUT2D eigenvalue weighted by molar-refractivity contribution is 6.62. The number of carbonyl (C=O) groups excluding carboxylic acids is 1. The molecule has 6 heteroatoms. The van der Waals surface area contributed by atoms with Crippen LogP contribution in [0.1, 0.15) is 15.9 Å². The van der Waals surface area contributed by atoms with Crippen molar-refractivity contribution >= 4 is 30.1 Å². The Morgan fingerprint density at radius 2 is 1.85 bits per heavy atom. The molecule has 2 aromatic carbocycles. The summed E-state index contributed by atoms with van der Waals surface area (Å²) in [7, 11) is -1.70. The Kier molecular flexibility index (Phi) is 4.79. The third-order valence-electron chi connectivity index (χ3n) is 2.83. The highest BCUT2D eigenvalue weighted by atomic mass is 35.5. The van der Waals surface area contributed by atoms with E-state index in [0.717, 1.165) is 5.56 Å². The van der Waals surface area contributed by atoms with E-state index < -0.39 is 7.12 Å². The van der Waals surface area contributed by atoms with Crippen LogP contribution in [-0.4, -0.2) is 23.1 Å². The molecule has 0 bridgehead atoms. The lowest BCUT2D eigenvalue weighted by molar-refractivity contribution is 0.0951. The standard InChI is InChI=1S/C14H13BClNO3/c16-13-7-6-11(8-12(13)15(19)20)14(18)17-9-10-4-2-1-3-5-10/h1-8,19-20H,9H2,(H,17,18). The minimum Gasteiger partial charge on any atom is -0.423 e. The smallest absolute Gasteiger partial charge is 0.423 e. The molecule has 0 heterocycles. The molecule has 3 N–H and O–H groups in total. The van der Waals surface area contributed by atoms with Gasteiger partial charge in [0.15, 0.2) is 0 Å².